The van der Waals surface area contributed by atoms with E-state index in [9.17, 15) is 4.79 Å². The summed E-state index contributed by atoms with van der Waals surface area (Å²) in [5.74, 6) is 0.603. The Balaban J connectivity index is 1.93. The lowest BCUT2D eigenvalue weighted by Crippen LogP contribution is -2.25. The standard InChI is InChI=1S/C14H13Cl2NO2S/c1-19-11-5-3-2-4-9(11)6-7-17-14(18)10-8-12(15)20-13(10)16/h2-5,8H,6-7H2,1H3,(H,17,18). The van der Waals surface area contributed by atoms with Crippen molar-refractivity contribution in [3.8, 4) is 5.75 Å². The highest BCUT2D eigenvalue weighted by atomic mass is 35.5. The molecule has 1 amide bonds. The fourth-order valence-electron chi connectivity index (χ4n) is 1.81. The molecule has 6 heteroatoms. The van der Waals surface area contributed by atoms with Gasteiger partial charge in [-0.05, 0) is 24.1 Å². The lowest BCUT2D eigenvalue weighted by molar-refractivity contribution is 0.0954. The van der Waals surface area contributed by atoms with Gasteiger partial charge in [-0.1, -0.05) is 41.4 Å². The first kappa shape index (κ1) is 15.2. The highest BCUT2D eigenvalue weighted by Crippen LogP contribution is 2.30. The van der Waals surface area contributed by atoms with Gasteiger partial charge in [0.05, 0.1) is 17.0 Å². The lowest BCUT2D eigenvalue weighted by Gasteiger charge is -2.08. The molecule has 1 aromatic heterocycles. The van der Waals surface area contributed by atoms with Crippen LogP contribution < -0.4 is 10.1 Å². The number of halogens is 2. The van der Waals surface area contributed by atoms with E-state index in [0.717, 1.165) is 11.3 Å². The van der Waals surface area contributed by atoms with Crippen molar-refractivity contribution in [1.82, 2.24) is 5.32 Å². The molecule has 1 aromatic carbocycles. The van der Waals surface area contributed by atoms with Gasteiger partial charge in [-0.25, -0.2) is 0 Å². The number of benzene rings is 1. The van der Waals surface area contributed by atoms with Crippen molar-refractivity contribution >= 4 is 40.4 Å². The number of methoxy groups -OCH3 is 1. The molecule has 0 spiro atoms. The molecule has 1 heterocycles. The van der Waals surface area contributed by atoms with E-state index in [0.29, 0.717) is 27.2 Å². The second-order valence-electron chi connectivity index (χ2n) is 4.06. The number of thiophene rings is 1. The molecule has 0 aliphatic heterocycles. The molecule has 0 aliphatic carbocycles. The largest absolute Gasteiger partial charge is 0.496 e. The predicted octanol–water partition coefficient (Wildman–Crippen LogP) is 4.04. The van der Waals surface area contributed by atoms with E-state index in [4.69, 9.17) is 27.9 Å². The number of ether oxygens (including phenoxy) is 1. The molecule has 1 N–H and O–H groups in total. The lowest BCUT2D eigenvalue weighted by atomic mass is 10.1. The monoisotopic (exact) mass is 329 g/mol. The van der Waals surface area contributed by atoms with Gasteiger partial charge in [-0.3, -0.25) is 4.79 Å². The maximum atomic E-state index is 11.9. The fourth-order valence-corrected chi connectivity index (χ4v) is 3.27. The van der Waals surface area contributed by atoms with Crippen LogP contribution in [0.4, 0.5) is 0 Å². The Morgan fingerprint density at radius 1 is 1.35 bits per heavy atom. The molecule has 0 fully saturated rings. The first-order valence-corrected chi connectivity index (χ1v) is 7.54. The number of amides is 1. The third-order valence-corrected chi connectivity index (χ3v) is 4.26. The molecule has 0 atom stereocenters. The van der Waals surface area contributed by atoms with E-state index in [-0.39, 0.29) is 5.91 Å². The summed E-state index contributed by atoms with van der Waals surface area (Å²) in [7, 11) is 1.63. The van der Waals surface area contributed by atoms with Crippen LogP contribution in [0.25, 0.3) is 0 Å². The Morgan fingerprint density at radius 3 is 2.75 bits per heavy atom. The molecule has 0 bridgehead atoms. The van der Waals surface area contributed by atoms with Crippen molar-refractivity contribution in [3.05, 3.63) is 50.1 Å². The van der Waals surface area contributed by atoms with Crippen LogP contribution in [-0.4, -0.2) is 19.6 Å². The van der Waals surface area contributed by atoms with Crippen LogP contribution >= 0.6 is 34.5 Å². The van der Waals surface area contributed by atoms with Crippen molar-refractivity contribution in [2.75, 3.05) is 13.7 Å². The average Bonchev–Trinajstić information content (AvgIpc) is 2.78. The Kier molecular flexibility index (Phi) is 5.29. The minimum atomic E-state index is -0.215. The zero-order valence-corrected chi connectivity index (χ0v) is 13.1. The van der Waals surface area contributed by atoms with Crippen LogP contribution in [0, 0.1) is 0 Å². The Bertz CT molecular complexity index is 613. The predicted molar refractivity (Wildman–Crippen MR) is 83.4 cm³/mol. The molecular formula is C14H13Cl2NO2S. The summed E-state index contributed by atoms with van der Waals surface area (Å²) in [6.45, 7) is 0.503. The topological polar surface area (TPSA) is 38.3 Å². The Labute approximate surface area is 131 Å². The average molecular weight is 330 g/mol. The number of para-hydroxylation sites is 1. The normalized spacial score (nSPS) is 10.3. The summed E-state index contributed by atoms with van der Waals surface area (Å²) < 4.78 is 6.17. The molecule has 106 valence electrons. The van der Waals surface area contributed by atoms with Gasteiger partial charge in [0.25, 0.3) is 5.91 Å². The van der Waals surface area contributed by atoms with E-state index in [1.165, 1.54) is 11.3 Å². The summed E-state index contributed by atoms with van der Waals surface area (Å²) >= 11 is 12.9. The minimum absolute atomic E-state index is 0.215. The first-order chi connectivity index (χ1) is 9.61. The summed E-state index contributed by atoms with van der Waals surface area (Å²) in [5, 5.41) is 2.82. The zero-order valence-electron chi connectivity index (χ0n) is 10.8. The second kappa shape index (κ2) is 6.97. The third kappa shape index (κ3) is 3.66. The maximum Gasteiger partial charge on any atom is 0.253 e. The summed E-state index contributed by atoms with van der Waals surface area (Å²) in [5.41, 5.74) is 1.46. The zero-order chi connectivity index (χ0) is 14.5. The number of carbonyl (C=O) groups is 1. The second-order valence-corrected chi connectivity index (χ2v) is 6.34. The Hall–Kier alpha value is -1.23. The van der Waals surface area contributed by atoms with Crippen LogP contribution in [0.1, 0.15) is 15.9 Å². The van der Waals surface area contributed by atoms with Gasteiger partial charge in [0, 0.05) is 6.54 Å². The third-order valence-electron chi connectivity index (χ3n) is 2.77. The van der Waals surface area contributed by atoms with Gasteiger partial charge in [0.1, 0.15) is 10.1 Å². The van der Waals surface area contributed by atoms with Crippen molar-refractivity contribution in [1.29, 1.82) is 0 Å². The molecule has 0 saturated heterocycles. The van der Waals surface area contributed by atoms with E-state index in [1.54, 1.807) is 13.2 Å². The van der Waals surface area contributed by atoms with Crippen molar-refractivity contribution in [3.63, 3.8) is 0 Å². The summed E-state index contributed by atoms with van der Waals surface area (Å²) in [4.78, 5) is 11.9. The van der Waals surface area contributed by atoms with Gasteiger partial charge in [-0.2, -0.15) is 0 Å². The van der Waals surface area contributed by atoms with Crippen LogP contribution in [-0.2, 0) is 6.42 Å². The molecule has 20 heavy (non-hydrogen) atoms. The molecule has 3 nitrogen and oxygen atoms in total. The Morgan fingerprint density at radius 2 is 2.10 bits per heavy atom. The van der Waals surface area contributed by atoms with E-state index in [2.05, 4.69) is 5.32 Å². The SMILES string of the molecule is COc1ccccc1CCNC(=O)c1cc(Cl)sc1Cl. The first-order valence-electron chi connectivity index (χ1n) is 5.96. The van der Waals surface area contributed by atoms with Gasteiger partial charge < -0.3 is 10.1 Å². The molecule has 0 radical (unpaired) electrons. The quantitative estimate of drug-likeness (QED) is 0.899. The van der Waals surface area contributed by atoms with Crippen LogP contribution in [0.15, 0.2) is 30.3 Å². The minimum Gasteiger partial charge on any atom is -0.496 e. The smallest absolute Gasteiger partial charge is 0.253 e. The highest BCUT2D eigenvalue weighted by molar-refractivity contribution is 7.20. The van der Waals surface area contributed by atoms with Crippen molar-refractivity contribution in [2.45, 2.75) is 6.42 Å². The van der Waals surface area contributed by atoms with Gasteiger partial charge >= 0.3 is 0 Å². The fraction of sp³-hybridized carbons (Fsp3) is 0.214. The van der Waals surface area contributed by atoms with Gasteiger partial charge in [0.2, 0.25) is 0 Å². The van der Waals surface area contributed by atoms with Crippen LogP contribution in [0.5, 0.6) is 5.75 Å². The highest BCUT2D eigenvalue weighted by Gasteiger charge is 2.13. The van der Waals surface area contributed by atoms with E-state index >= 15 is 0 Å². The van der Waals surface area contributed by atoms with Gasteiger partial charge in [-0.15, -0.1) is 11.3 Å². The van der Waals surface area contributed by atoms with E-state index in [1.807, 2.05) is 24.3 Å². The summed E-state index contributed by atoms with van der Waals surface area (Å²) in [6.07, 6.45) is 0.686. The number of nitrogens with one attached hydrogen (secondary N) is 1. The molecule has 0 saturated carbocycles. The molecule has 0 aliphatic rings. The molecule has 0 unspecified atom stereocenters. The number of hydrogen-bond donors (Lipinski definition) is 1. The molecule has 2 aromatic rings. The number of hydrogen-bond acceptors (Lipinski definition) is 3. The number of carbonyl (C=O) groups excluding carboxylic acids is 1. The number of rotatable bonds is 5. The van der Waals surface area contributed by atoms with Crippen molar-refractivity contribution < 1.29 is 9.53 Å². The van der Waals surface area contributed by atoms with Crippen molar-refractivity contribution in [2.24, 2.45) is 0 Å². The molecular weight excluding hydrogens is 317 g/mol. The van der Waals surface area contributed by atoms with E-state index < -0.39 is 0 Å². The van der Waals surface area contributed by atoms with Crippen LogP contribution in [0.3, 0.4) is 0 Å². The molecule has 2 rings (SSSR count). The van der Waals surface area contributed by atoms with Gasteiger partial charge in [0.15, 0.2) is 0 Å². The maximum absolute atomic E-state index is 11.9. The summed E-state index contributed by atoms with van der Waals surface area (Å²) in [6, 6.07) is 9.29. The van der Waals surface area contributed by atoms with Crippen LogP contribution in [0.2, 0.25) is 8.67 Å².